The van der Waals surface area contributed by atoms with Gasteiger partial charge in [-0.2, -0.15) is 0 Å². The molecule has 176 valence electrons. The summed E-state index contributed by atoms with van der Waals surface area (Å²) in [5.74, 6) is -0.828. The summed E-state index contributed by atoms with van der Waals surface area (Å²) in [6.45, 7) is 1.89. The van der Waals surface area contributed by atoms with E-state index in [2.05, 4.69) is 10.3 Å². The number of amides is 1. The highest BCUT2D eigenvalue weighted by Gasteiger charge is 2.19. The molecule has 0 aliphatic heterocycles. The standard InChI is InChI=1S/C26H19Cl2FN4O2/c1-15-6-8-18(11-21(15)28)31-23(34)13-33-22-9-7-17(29)10-19(22)24-25(33)26(35)32(14-30-24)12-16-4-2-3-5-20(16)27/h2-11,14H,12-13H2,1H3,(H,31,34). The first-order chi connectivity index (χ1) is 16.8. The van der Waals surface area contributed by atoms with E-state index < -0.39 is 5.82 Å². The average Bonchev–Trinajstić information content (AvgIpc) is 3.12. The van der Waals surface area contributed by atoms with Crippen molar-refractivity contribution in [2.24, 2.45) is 0 Å². The third-order valence-corrected chi connectivity index (χ3v) is 6.62. The molecule has 0 unspecified atom stereocenters. The lowest BCUT2D eigenvalue weighted by Gasteiger charge is -2.11. The Hall–Kier alpha value is -3.68. The van der Waals surface area contributed by atoms with Gasteiger partial charge >= 0.3 is 0 Å². The maximum absolute atomic E-state index is 14.1. The van der Waals surface area contributed by atoms with Crippen LogP contribution in [0, 0.1) is 12.7 Å². The molecule has 0 aliphatic rings. The molecule has 0 bridgehead atoms. The van der Waals surface area contributed by atoms with Gasteiger partial charge in [0.1, 0.15) is 23.4 Å². The van der Waals surface area contributed by atoms with Gasteiger partial charge in [-0.3, -0.25) is 14.2 Å². The van der Waals surface area contributed by atoms with Gasteiger partial charge in [-0.05, 0) is 54.4 Å². The fourth-order valence-electron chi connectivity index (χ4n) is 4.07. The van der Waals surface area contributed by atoms with E-state index in [9.17, 15) is 14.0 Å². The normalized spacial score (nSPS) is 11.3. The van der Waals surface area contributed by atoms with Gasteiger partial charge in [0.25, 0.3) is 5.56 Å². The molecule has 1 N–H and O–H groups in total. The molecule has 0 aliphatic carbocycles. The molecule has 0 saturated carbocycles. The van der Waals surface area contributed by atoms with Crippen molar-refractivity contribution in [3.63, 3.8) is 0 Å². The SMILES string of the molecule is Cc1ccc(NC(=O)Cn2c3ccc(F)cc3c3ncn(Cc4ccccc4Cl)c(=O)c32)cc1Cl. The number of halogens is 3. The van der Waals surface area contributed by atoms with Crippen LogP contribution in [0.2, 0.25) is 10.0 Å². The molecule has 0 radical (unpaired) electrons. The summed E-state index contributed by atoms with van der Waals surface area (Å²) in [5, 5.41) is 4.31. The second kappa shape index (κ2) is 9.17. The Bertz CT molecular complexity index is 1680. The van der Waals surface area contributed by atoms with Gasteiger partial charge in [-0.15, -0.1) is 0 Å². The van der Waals surface area contributed by atoms with Crippen LogP contribution in [-0.4, -0.2) is 20.0 Å². The molecule has 1 amide bonds. The third-order valence-electron chi connectivity index (χ3n) is 5.84. The van der Waals surface area contributed by atoms with Crippen LogP contribution in [0.4, 0.5) is 10.1 Å². The van der Waals surface area contributed by atoms with E-state index in [1.165, 1.54) is 23.0 Å². The first kappa shape index (κ1) is 23.1. The van der Waals surface area contributed by atoms with Crippen LogP contribution < -0.4 is 10.9 Å². The zero-order chi connectivity index (χ0) is 24.7. The van der Waals surface area contributed by atoms with Gasteiger partial charge in [0, 0.05) is 21.1 Å². The Morgan fingerprint density at radius 2 is 1.86 bits per heavy atom. The van der Waals surface area contributed by atoms with E-state index in [-0.39, 0.29) is 30.1 Å². The molecule has 0 atom stereocenters. The van der Waals surface area contributed by atoms with Crippen molar-refractivity contribution >= 4 is 56.7 Å². The Balaban J connectivity index is 1.60. The van der Waals surface area contributed by atoms with E-state index in [1.54, 1.807) is 34.9 Å². The number of aromatic nitrogens is 3. The molecule has 0 spiro atoms. The maximum Gasteiger partial charge on any atom is 0.278 e. The van der Waals surface area contributed by atoms with Gasteiger partial charge < -0.3 is 9.88 Å². The van der Waals surface area contributed by atoms with Crippen molar-refractivity contribution in [2.75, 3.05) is 5.32 Å². The van der Waals surface area contributed by atoms with Crippen LogP contribution in [-0.2, 0) is 17.9 Å². The quantitative estimate of drug-likeness (QED) is 0.326. The number of anilines is 1. The van der Waals surface area contributed by atoms with Crippen molar-refractivity contribution in [3.8, 4) is 0 Å². The highest BCUT2D eigenvalue weighted by atomic mass is 35.5. The summed E-state index contributed by atoms with van der Waals surface area (Å²) in [5.41, 5.74) is 2.87. The number of hydrogen-bond acceptors (Lipinski definition) is 3. The zero-order valence-electron chi connectivity index (χ0n) is 18.6. The van der Waals surface area contributed by atoms with Crippen molar-refractivity contribution in [1.29, 1.82) is 0 Å². The minimum atomic E-state index is -0.461. The molecule has 3 aromatic carbocycles. The number of nitrogens with one attached hydrogen (secondary N) is 1. The Labute approximate surface area is 209 Å². The Morgan fingerprint density at radius 1 is 1.06 bits per heavy atom. The van der Waals surface area contributed by atoms with E-state index >= 15 is 0 Å². The van der Waals surface area contributed by atoms with Crippen LogP contribution in [0.5, 0.6) is 0 Å². The molecule has 9 heteroatoms. The van der Waals surface area contributed by atoms with Gasteiger partial charge in [0.2, 0.25) is 5.91 Å². The number of carbonyl (C=O) groups is 1. The minimum absolute atomic E-state index is 0.176. The van der Waals surface area contributed by atoms with Gasteiger partial charge in [-0.25, -0.2) is 9.37 Å². The smallest absolute Gasteiger partial charge is 0.278 e. The Morgan fingerprint density at radius 3 is 2.63 bits per heavy atom. The van der Waals surface area contributed by atoms with Crippen molar-refractivity contribution in [1.82, 2.24) is 14.1 Å². The maximum atomic E-state index is 14.1. The molecule has 2 heterocycles. The third kappa shape index (κ3) is 4.40. The van der Waals surface area contributed by atoms with Crippen molar-refractivity contribution in [3.05, 3.63) is 104 Å². The fourth-order valence-corrected chi connectivity index (χ4v) is 4.45. The molecule has 0 saturated heterocycles. The summed E-state index contributed by atoms with van der Waals surface area (Å²) < 4.78 is 17.1. The topological polar surface area (TPSA) is 68.9 Å². The molecule has 5 aromatic rings. The van der Waals surface area contributed by atoms with E-state index in [1.807, 2.05) is 25.1 Å². The van der Waals surface area contributed by atoms with Crippen molar-refractivity contribution < 1.29 is 9.18 Å². The summed E-state index contributed by atoms with van der Waals surface area (Å²) in [6, 6.07) is 16.6. The number of rotatable bonds is 5. The average molecular weight is 509 g/mol. The predicted molar refractivity (Wildman–Crippen MR) is 137 cm³/mol. The Kier molecular flexibility index (Phi) is 6.05. The number of hydrogen-bond donors (Lipinski definition) is 1. The largest absolute Gasteiger partial charge is 0.325 e. The van der Waals surface area contributed by atoms with E-state index in [4.69, 9.17) is 23.2 Å². The summed E-state index contributed by atoms with van der Waals surface area (Å²) in [4.78, 5) is 31.0. The zero-order valence-corrected chi connectivity index (χ0v) is 20.1. The molecule has 35 heavy (non-hydrogen) atoms. The van der Waals surface area contributed by atoms with Gasteiger partial charge in [0.15, 0.2) is 0 Å². The number of fused-ring (bicyclic) bond motifs is 3. The second-order valence-corrected chi connectivity index (χ2v) is 9.04. The van der Waals surface area contributed by atoms with E-state index in [0.29, 0.717) is 32.2 Å². The molecule has 5 rings (SSSR count). The van der Waals surface area contributed by atoms with Crippen LogP contribution in [0.25, 0.3) is 21.9 Å². The number of aryl methyl sites for hydroxylation is 1. The monoisotopic (exact) mass is 508 g/mol. The van der Waals surface area contributed by atoms with Crippen LogP contribution >= 0.6 is 23.2 Å². The second-order valence-electron chi connectivity index (χ2n) is 8.23. The van der Waals surface area contributed by atoms with E-state index in [0.717, 1.165) is 11.1 Å². The van der Waals surface area contributed by atoms with Crippen LogP contribution in [0.15, 0.2) is 71.8 Å². The van der Waals surface area contributed by atoms with Crippen LogP contribution in [0.1, 0.15) is 11.1 Å². The van der Waals surface area contributed by atoms with Gasteiger partial charge in [-0.1, -0.05) is 47.5 Å². The highest BCUT2D eigenvalue weighted by Crippen LogP contribution is 2.27. The van der Waals surface area contributed by atoms with Crippen molar-refractivity contribution in [2.45, 2.75) is 20.0 Å². The number of carbonyl (C=O) groups excluding carboxylic acids is 1. The fraction of sp³-hybridized carbons (Fsp3) is 0.115. The lowest BCUT2D eigenvalue weighted by atomic mass is 10.2. The first-order valence-corrected chi connectivity index (χ1v) is 11.5. The first-order valence-electron chi connectivity index (χ1n) is 10.8. The molecule has 6 nitrogen and oxygen atoms in total. The number of benzene rings is 3. The lowest BCUT2D eigenvalue weighted by molar-refractivity contribution is -0.116. The molecule has 0 fully saturated rings. The predicted octanol–water partition coefficient (Wildman–Crippen LogP) is 5.79. The molecular formula is C26H19Cl2FN4O2. The summed E-state index contributed by atoms with van der Waals surface area (Å²) >= 11 is 12.5. The minimum Gasteiger partial charge on any atom is -0.325 e. The summed E-state index contributed by atoms with van der Waals surface area (Å²) in [6.07, 6.45) is 1.41. The molecular weight excluding hydrogens is 490 g/mol. The molecule has 2 aromatic heterocycles. The highest BCUT2D eigenvalue weighted by molar-refractivity contribution is 6.31. The van der Waals surface area contributed by atoms with Gasteiger partial charge in [0.05, 0.1) is 18.4 Å². The summed E-state index contributed by atoms with van der Waals surface area (Å²) in [7, 11) is 0. The van der Waals surface area contributed by atoms with Crippen LogP contribution in [0.3, 0.4) is 0 Å². The number of nitrogens with zero attached hydrogens (tertiary/aromatic N) is 3. The lowest BCUT2D eigenvalue weighted by Crippen LogP contribution is -2.25.